The zero-order chi connectivity index (χ0) is 15.5. The molecule has 1 nitrogen and oxygen atoms in total. The fourth-order valence-electron chi connectivity index (χ4n) is 3.24. The van der Waals surface area contributed by atoms with Gasteiger partial charge in [-0.3, -0.25) is 4.79 Å². The van der Waals surface area contributed by atoms with Crippen LogP contribution in [0, 0.1) is 0 Å². The van der Waals surface area contributed by atoms with Crippen LogP contribution in [-0.4, -0.2) is 5.78 Å². The van der Waals surface area contributed by atoms with Crippen molar-refractivity contribution in [2.75, 3.05) is 0 Å². The minimum absolute atomic E-state index is 0.188. The van der Waals surface area contributed by atoms with Crippen LogP contribution in [0.4, 0.5) is 0 Å². The summed E-state index contributed by atoms with van der Waals surface area (Å²) in [6, 6.07) is 13.2. The number of benzene rings is 2. The van der Waals surface area contributed by atoms with Gasteiger partial charge in [0.25, 0.3) is 0 Å². The molecule has 22 heavy (non-hydrogen) atoms. The minimum Gasteiger partial charge on any atom is -0.295 e. The molecule has 0 aliphatic heterocycles. The van der Waals surface area contributed by atoms with E-state index in [1.807, 2.05) is 0 Å². The molecule has 0 radical (unpaired) electrons. The maximum atomic E-state index is 11.9. The van der Waals surface area contributed by atoms with E-state index in [0.717, 1.165) is 44.1 Å². The van der Waals surface area contributed by atoms with E-state index in [1.165, 1.54) is 26.7 Å². The van der Waals surface area contributed by atoms with Crippen molar-refractivity contribution in [3.8, 4) is 0 Å². The van der Waals surface area contributed by atoms with Crippen molar-refractivity contribution >= 4 is 21.7 Å². The van der Waals surface area contributed by atoms with E-state index >= 15 is 0 Å². The second kappa shape index (κ2) is 6.78. The van der Waals surface area contributed by atoms with E-state index in [-0.39, 0.29) is 5.78 Å². The van der Waals surface area contributed by atoms with Crippen molar-refractivity contribution in [1.82, 2.24) is 0 Å². The van der Waals surface area contributed by atoms with Crippen LogP contribution in [0.3, 0.4) is 0 Å². The molecule has 4 aliphatic carbocycles. The summed E-state index contributed by atoms with van der Waals surface area (Å²) in [5.41, 5.74) is 6.14. The molecule has 2 aromatic rings. The van der Waals surface area contributed by atoms with E-state index in [1.54, 1.807) is 6.92 Å². The number of carbonyl (C=O) groups excluding carboxylic acids is 1. The highest BCUT2D eigenvalue weighted by molar-refractivity contribution is 9.10. The largest absolute Gasteiger partial charge is 0.295 e. The third kappa shape index (κ3) is 3.49. The van der Waals surface area contributed by atoms with Crippen LogP contribution in [0.25, 0.3) is 0 Å². The monoisotopic (exact) mass is 356 g/mol. The molecule has 0 N–H and O–H groups in total. The quantitative estimate of drug-likeness (QED) is 0.632. The third-order valence-electron chi connectivity index (χ3n) is 4.49. The summed E-state index contributed by atoms with van der Waals surface area (Å²) in [6.45, 7) is 1.68. The Balaban J connectivity index is 1.93. The molecule has 114 valence electrons. The Kier molecular flexibility index (Phi) is 4.77. The van der Waals surface area contributed by atoms with E-state index < -0.39 is 0 Å². The van der Waals surface area contributed by atoms with Gasteiger partial charge in [0.15, 0.2) is 5.78 Å². The number of hydrogen-bond donors (Lipinski definition) is 0. The maximum Gasteiger partial charge on any atom is 0.160 e. The molecule has 4 bridgehead atoms. The van der Waals surface area contributed by atoms with Gasteiger partial charge < -0.3 is 0 Å². The first-order valence-electron chi connectivity index (χ1n) is 8.03. The average Bonchev–Trinajstić information content (AvgIpc) is 2.50. The van der Waals surface area contributed by atoms with Crippen LogP contribution >= 0.6 is 15.9 Å². The Morgan fingerprint density at radius 2 is 1.45 bits per heavy atom. The third-order valence-corrected chi connectivity index (χ3v) is 5.23. The lowest BCUT2D eigenvalue weighted by Gasteiger charge is -2.13. The van der Waals surface area contributed by atoms with Gasteiger partial charge in [-0.25, -0.2) is 0 Å². The van der Waals surface area contributed by atoms with E-state index in [9.17, 15) is 4.79 Å². The average molecular weight is 357 g/mol. The van der Waals surface area contributed by atoms with Gasteiger partial charge in [-0.1, -0.05) is 40.2 Å². The zero-order valence-electron chi connectivity index (χ0n) is 13.0. The van der Waals surface area contributed by atoms with E-state index in [0.29, 0.717) is 0 Å². The molecule has 0 fully saturated rings. The van der Waals surface area contributed by atoms with E-state index in [4.69, 9.17) is 0 Å². The molecule has 4 aliphatic rings. The maximum absolute atomic E-state index is 11.9. The molecule has 2 heteroatoms. The molecule has 0 saturated heterocycles. The molecule has 0 spiro atoms. The van der Waals surface area contributed by atoms with Gasteiger partial charge in [-0.05, 0) is 79.8 Å². The van der Waals surface area contributed by atoms with Crippen molar-refractivity contribution in [3.63, 3.8) is 0 Å². The fourth-order valence-corrected chi connectivity index (χ4v) is 3.86. The van der Waals surface area contributed by atoms with Gasteiger partial charge in [0.05, 0.1) is 0 Å². The molecule has 0 saturated carbocycles. The first-order valence-corrected chi connectivity index (χ1v) is 8.83. The molecule has 0 aromatic heterocycles. The van der Waals surface area contributed by atoms with Gasteiger partial charge in [-0.15, -0.1) is 0 Å². The lowest BCUT2D eigenvalue weighted by Crippen LogP contribution is -2.03. The molecule has 0 unspecified atom stereocenters. The molecule has 6 rings (SSSR count). The highest BCUT2D eigenvalue weighted by Crippen LogP contribution is 2.24. The Morgan fingerprint density at radius 3 is 2.14 bits per heavy atom. The van der Waals surface area contributed by atoms with Crippen molar-refractivity contribution in [2.24, 2.45) is 0 Å². The number of rotatable bonds is 1. The highest BCUT2D eigenvalue weighted by atomic mass is 79.9. The number of hydrogen-bond acceptors (Lipinski definition) is 1. The number of aryl methyl sites for hydroxylation is 4. The van der Waals surface area contributed by atoms with E-state index in [2.05, 4.69) is 52.3 Å². The van der Waals surface area contributed by atoms with Crippen LogP contribution in [0.15, 0.2) is 40.9 Å². The summed E-state index contributed by atoms with van der Waals surface area (Å²) in [7, 11) is 0. The molecular formula is C20H21BrO. The van der Waals surface area contributed by atoms with Crippen LogP contribution in [0.2, 0.25) is 0 Å². The molecule has 0 amide bonds. The fraction of sp³-hybridized carbons (Fsp3) is 0.350. The topological polar surface area (TPSA) is 17.1 Å². The summed E-state index contributed by atoms with van der Waals surface area (Å²) < 4.78 is 1.22. The zero-order valence-corrected chi connectivity index (χ0v) is 14.6. The van der Waals surface area contributed by atoms with Crippen LogP contribution in [0.5, 0.6) is 0 Å². The Bertz CT molecular complexity index is 703. The Hall–Kier alpha value is -1.41. The molecular weight excluding hydrogens is 336 g/mol. The number of ketones is 1. The van der Waals surface area contributed by atoms with Crippen molar-refractivity contribution in [2.45, 2.75) is 45.4 Å². The molecule has 0 heterocycles. The summed E-state index contributed by atoms with van der Waals surface area (Å²) in [5, 5.41) is 0. The van der Waals surface area contributed by atoms with Gasteiger partial charge in [-0.2, -0.15) is 0 Å². The highest BCUT2D eigenvalue weighted by Gasteiger charge is 2.10. The summed E-state index contributed by atoms with van der Waals surface area (Å²) >= 11 is 3.71. The van der Waals surface area contributed by atoms with Crippen LogP contribution < -0.4 is 0 Å². The van der Waals surface area contributed by atoms with Crippen molar-refractivity contribution in [1.29, 1.82) is 0 Å². The first-order chi connectivity index (χ1) is 10.6. The second-order valence-corrected chi connectivity index (χ2v) is 7.03. The summed E-state index contributed by atoms with van der Waals surface area (Å²) in [5.74, 6) is 0.188. The van der Waals surface area contributed by atoms with Gasteiger partial charge in [0.1, 0.15) is 0 Å². The Morgan fingerprint density at radius 1 is 0.864 bits per heavy atom. The molecule has 0 atom stereocenters. The predicted octanol–water partition coefficient (Wildman–Crippen LogP) is 5.32. The van der Waals surface area contributed by atoms with Crippen molar-refractivity contribution in [3.05, 3.63) is 68.7 Å². The predicted molar refractivity (Wildman–Crippen MR) is 94.6 cm³/mol. The van der Waals surface area contributed by atoms with Crippen molar-refractivity contribution < 1.29 is 4.79 Å². The van der Waals surface area contributed by atoms with Crippen LogP contribution in [-0.2, 0) is 25.7 Å². The first kappa shape index (κ1) is 15.5. The smallest absolute Gasteiger partial charge is 0.160 e. The van der Waals surface area contributed by atoms with Gasteiger partial charge >= 0.3 is 0 Å². The minimum atomic E-state index is 0.188. The lowest BCUT2D eigenvalue weighted by atomic mass is 9.93. The number of carbonyl (C=O) groups is 1. The van der Waals surface area contributed by atoms with Gasteiger partial charge in [0.2, 0.25) is 0 Å². The normalized spacial score (nSPS) is 14.8. The second-order valence-electron chi connectivity index (χ2n) is 6.18. The summed E-state index contributed by atoms with van der Waals surface area (Å²) in [4.78, 5) is 11.9. The van der Waals surface area contributed by atoms with Gasteiger partial charge in [0, 0.05) is 10.0 Å². The number of Topliss-reactive ketones (excluding diaryl/α,β-unsaturated/α-hetero) is 1. The Labute approximate surface area is 140 Å². The molecule has 2 aromatic carbocycles. The SMILES string of the molecule is CC(=O)c1cc2ccc1CCCc1ccc(cc1Br)CCC2. The standard InChI is InChI=1S/C20H21BrO/c1-14(22)19-12-15-4-2-5-16-9-11-18(20(21)13-16)7-3-6-17(19)10-8-15/h8-13H,2-7H2,1H3. The lowest BCUT2D eigenvalue weighted by molar-refractivity contribution is 0.101. The number of halogens is 1. The summed E-state index contributed by atoms with van der Waals surface area (Å²) in [6.07, 6.45) is 6.29. The van der Waals surface area contributed by atoms with Crippen LogP contribution in [0.1, 0.15) is 52.4 Å².